The predicted molar refractivity (Wildman–Crippen MR) is 57.5 cm³/mol. The fraction of sp³-hybridized carbons (Fsp3) is 0.700. The van der Waals surface area contributed by atoms with Crippen LogP contribution in [0.15, 0.2) is 0 Å². The van der Waals surface area contributed by atoms with Gasteiger partial charge < -0.3 is 35.7 Å². The molecule has 0 aromatic carbocycles. The van der Waals surface area contributed by atoms with E-state index in [4.69, 9.17) is 15.3 Å². The summed E-state index contributed by atoms with van der Waals surface area (Å²) in [4.78, 5) is 32.8. The van der Waals surface area contributed by atoms with E-state index in [1.807, 2.05) is 0 Å². The molecule has 1 aliphatic rings. The van der Waals surface area contributed by atoms with Crippen molar-refractivity contribution in [2.24, 2.45) is 5.92 Å². The minimum Gasteiger partial charge on any atom is -0.479 e. The molecule has 0 amide bonds. The molecule has 0 radical (unpaired) electrons. The number of carbonyl (C=O) groups is 3. The average Bonchev–Trinajstić information content (AvgIpc) is 2.32. The molecule has 4 atom stereocenters. The third-order valence-corrected chi connectivity index (χ3v) is 3.50. The molecule has 20 heavy (non-hydrogen) atoms. The van der Waals surface area contributed by atoms with Crippen LogP contribution in [0.5, 0.6) is 0 Å². The molecule has 1 aliphatic carbocycles. The number of carboxylic acids is 3. The van der Waals surface area contributed by atoms with Gasteiger partial charge in [-0.15, -0.1) is 0 Å². The number of carboxylic acid groups (broad SMARTS) is 3. The van der Waals surface area contributed by atoms with Crippen molar-refractivity contribution in [1.29, 1.82) is 0 Å². The molecule has 0 unspecified atom stereocenters. The van der Waals surface area contributed by atoms with Gasteiger partial charge in [0.05, 0.1) is 12.2 Å². The molecule has 0 bridgehead atoms. The van der Waals surface area contributed by atoms with Crippen molar-refractivity contribution in [3.8, 4) is 0 Å². The van der Waals surface area contributed by atoms with Crippen molar-refractivity contribution in [3.05, 3.63) is 0 Å². The Morgan fingerprint density at radius 1 is 1.00 bits per heavy atom. The highest BCUT2D eigenvalue weighted by atomic mass is 16.5. The zero-order valence-corrected chi connectivity index (χ0v) is 10.0. The highest BCUT2D eigenvalue weighted by molar-refractivity contribution is 6.02. The van der Waals surface area contributed by atoms with Crippen LogP contribution in [0.3, 0.4) is 0 Å². The Morgan fingerprint density at radius 2 is 1.45 bits per heavy atom. The first-order valence-corrected chi connectivity index (χ1v) is 5.48. The van der Waals surface area contributed by atoms with Gasteiger partial charge in [-0.25, -0.2) is 14.4 Å². The molecule has 1 saturated carbocycles. The average molecular weight is 294 g/mol. The van der Waals surface area contributed by atoms with Crippen LogP contribution < -0.4 is 0 Å². The van der Waals surface area contributed by atoms with E-state index in [1.165, 1.54) is 0 Å². The van der Waals surface area contributed by atoms with Gasteiger partial charge in [-0.2, -0.15) is 0 Å². The monoisotopic (exact) mass is 294 g/mol. The number of hydrogen-bond donors (Lipinski definition) is 7. The summed E-state index contributed by atoms with van der Waals surface area (Å²) in [5.74, 6) is -8.42. The van der Waals surface area contributed by atoms with E-state index in [9.17, 15) is 34.8 Å². The lowest BCUT2D eigenvalue weighted by Crippen LogP contribution is -2.64. The van der Waals surface area contributed by atoms with Crippen LogP contribution in [0.2, 0.25) is 0 Å². The van der Waals surface area contributed by atoms with Gasteiger partial charge in [0.15, 0.2) is 5.60 Å². The first-order chi connectivity index (χ1) is 8.96. The van der Waals surface area contributed by atoms with Crippen LogP contribution >= 0.6 is 0 Å². The van der Waals surface area contributed by atoms with E-state index in [-0.39, 0.29) is 0 Å². The summed E-state index contributed by atoms with van der Waals surface area (Å²) in [5, 5.41) is 65.1. The minimum atomic E-state index is -3.54. The van der Waals surface area contributed by atoms with Gasteiger partial charge in [0.25, 0.3) is 5.60 Å². The standard InChI is InChI=1S/C10H14O10/c11-4-2-9(19,6(13)14)1-3(5(4)12)10(20,7(15)16)8(17)18/h3-5,11-12,19-20H,1-2H2,(H,13,14)(H,15,16)(H,17,18)/t3-,4+,5+,9-/m0/s1. The van der Waals surface area contributed by atoms with Crippen LogP contribution in [0.25, 0.3) is 0 Å². The van der Waals surface area contributed by atoms with Gasteiger partial charge in [-0.1, -0.05) is 0 Å². The largest absolute Gasteiger partial charge is 0.479 e. The molecule has 10 nitrogen and oxygen atoms in total. The number of aliphatic carboxylic acids is 3. The lowest BCUT2D eigenvalue weighted by atomic mass is 9.67. The third kappa shape index (κ3) is 2.33. The normalized spacial score (nSPS) is 34.5. The van der Waals surface area contributed by atoms with Gasteiger partial charge in [0.1, 0.15) is 0 Å². The molecule has 0 aliphatic heterocycles. The fourth-order valence-electron chi connectivity index (χ4n) is 2.28. The molecule has 0 aromatic rings. The first kappa shape index (κ1) is 16.3. The van der Waals surface area contributed by atoms with E-state index in [2.05, 4.69) is 0 Å². The molecule has 1 rings (SSSR count). The summed E-state index contributed by atoms with van der Waals surface area (Å²) in [5.41, 5.74) is -6.19. The fourth-order valence-corrected chi connectivity index (χ4v) is 2.28. The summed E-state index contributed by atoms with van der Waals surface area (Å²) in [6.45, 7) is 0. The van der Waals surface area contributed by atoms with Crippen LogP contribution in [0.4, 0.5) is 0 Å². The summed E-state index contributed by atoms with van der Waals surface area (Å²) in [6, 6.07) is 0. The van der Waals surface area contributed by atoms with Gasteiger partial charge in [0, 0.05) is 12.3 Å². The highest BCUT2D eigenvalue weighted by Gasteiger charge is 2.61. The Hall–Kier alpha value is -1.75. The molecule has 0 heterocycles. The Morgan fingerprint density at radius 3 is 1.80 bits per heavy atom. The number of aliphatic hydroxyl groups excluding tert-OH is 2. The van der Waals surface area contributed by atoms with E-state index >= 15 is 0 Å². The van der Waals surface area contributed by atoms with Gasteiger partial charge in [0.2, 0.25) is 0 Å². The zero-order chi connectivity index (χ0) is 15.9. The van der Waals surface area contributed by atoms with Crippen LogP contribution in [0.1, 0.15) is 12.8 Å². The second kappa shape index (κ2) is 4.98. The molecular formula is C10H14O10. The van der Waals surface area contributed by atoms with Crippen LogP contribution in [0, 0.1) is 5.92 Å². The predicted octanol–water partition coefficient (Wildman–Crippen LogP) is -3.17. The number of hydrogen-bond acceptors (Lipinski definition) is 7. The van der Waals surface area contributed by atoms with Crippen molar-refractivity contribution in [2.75, 3.05) is 0 Å². The minimum absolute atomic E-state index is 0.824. The molecule has 7 N–H and O–H groups in total. The molecule has 1 fully saturated rings. The first-order valence-electron chi connectivity index (χ1n) is 5.48. The molecule has 0 saturated heterocycles. The quantitative estimate of drug-likeness (QED) is 0.260. The Labute approximate surface area is 111 Å². The lowest BCUT2D eigenvalue weighted by Gasteiger charge is -2.43. The summed E-state index contributed by atoms with van der Waals surface area (Å²) in [7, 11) is 0. The van der Waals surface area contributed by atoms with E-state index in [0.29, 0.717) is 0 Å². The topological polar surface area (TPSA) is 193 Å². The Kier molecular flexibility index (Phi) is 4.06. The van der Waals surface area contributed by atoms with E-state index < -0.39 is 60.1 Å². The SMILES string of the molecule is O=C(O)C(O)(C(=O)O)[C@H]1C[C@@](O)(C(=O)O)C[C@@H](O)[C@@H]1O. The Balaban J connectivity index is 3.29. The van der Waals surface area contributed by atoms with Crippen molar-refractivity contribution in [1.82, 2.24) is 0 Å². The second-order valence-corrected chi connectivity index (χ2v) is 4.79. The maximum absolute atomic E-state index is 10.9. The number of rotatable bonds is 4. The summed E-state index contributed by atoms with van der Waals surface area (Å²) < 4.78 is 0. The van der Waals surface area contributed by atoms with E-state index in [0.717, 1.165) is 0 Å². The third-order valence-electron chi connectivity index (χ3n) is 3.50. The molecule has 10 heteroatoms. The van der Waals surface area contributed by atoms with Gasteiger partial charge in [-0.05, 0) is 6.42 Å². The van der Waals surface area contributed by atoms with Crippen molar-refractivity contribution in [2.45, 2.75) is 36.3 Å². The Bertz CT molecular complexity index is 431. The molecule has 0 spiro atoms. The number of aliphatic hydroxyl groups is 4. The molecular weight excluding hydrogens is 280 g/mol. The molecule has 114 valence electrons. The van der Waals surface area contributed by atoms with Crippen LogP contribution in [-0.4, -0.2) is 77.1 Å². The zero-order valence-electron chi connectivity index (χ0n) is 10.0. The summed E-state index contributed by atoms with van der Waals surface area (Å²) >= 11 is 0. The highest BCUT2D eigenvalue weighted by Crippen LogP contribution is 2.39. The van der Waals surface area contributed by atoms with E-state index in [1.54, 1.807) is 0 Å². The van der Waals surface area contributed by atoms with Crippen molar-refractivity contribution in [3.63, 3.8) is 0 Å². The second-order valence-electron chi connectivity index (χ2n) is 4.79. The maximum Gasteiger partial charge on any atom is 0.348 e. The van der Waals surface area contributed by atoms with Crippen molar-refractivity contribution >= 4 is 17.9 Å². The smallest absolute Gasteiger partial charge is 0.348 e. The van der Waals surface area contributed by atoms with Crippen molar-refractivity contribution < 1.29 is 50.1 Å². The lowest BCUT2D eigenvalue weighted by molar-refractivity contribution is -0.213. The van der Waals surface area contributed by atoms with Gasteiger partial charge >= 0.3 is 17.9 Å². The molecule has 0 aromatic heterocycles. The maximum atomic E-state index is 10.9. The summed E-state index contributed by atoms with van der Waals surface area (Å²) in [6.07, 6.45) is -5.79. The van der Waals surface area contributed by atoms with Gasteiger partial charge in [-0.3, -0.25) is 0 Å². The van der Waals surface area contributed by atoms with Crippen LogP contribution in [-0.2, 0) is 14.4 Å².